The molecule has 0 fully saturated rings. The maximum Gasteiger partial charge on any atom is 0.413 e. The number of carbonyl (C=O) groups excluding carboxylic acids is 1. The lowest BCUT2D eigenvalue weighted by Crippen LogP contribution is -2.28. The largest absolute Gasteiger partial charge is 0.483 e. The quantitative estimate of drug-likeness (QED) is 0.201. The van der Waals surface area contributed by atoms with Crippen LogP contribution in [0.4, 0.5) is 4.79 Å². The van der Waals surface area contributed by atoms with Gasteiger partial charge in [0, 0.05) is 28.4 Å². The maximum atomic E-state index is 12.2. The molecule has 0 spiro atoms. The number of hydrogen-bond donors (Lipinski definition) is 2. The first-order valence-corrected chi connectivity index (χ1v) is 15.3. The lowest BCUT2D eigenvalue weighted by molar-refractivity contribution is 0.133. The minimum absolute atomic E-state index is 0.283. The zero-order chi connectivity index (χ0) is 21.6. The van der Waals surface area contributed by atoms with Crippen LogP contribution in [0.25, 0.3) is 0 Å². The molecule has 9 heteroatoms. The normalized spacial score (nSPS) is 16.2. The van der Waals surface area contributed by atoms with Gasteiger partial charge in [0.1, 0.15) is 5.60 Å². The molecular weight excluding hydrogens is 455 g/mol. The van der Waals surface area contributed by atoms with Gasteiger partial charge in [0.05, 0.1) is 5.88 Å². The Morgan fingerprint density at radius 2 is 2.00 bits per heavy atom. The van der Waals surface area contributed by atoms with Crippen LogP contribution in [0.2, 0.25) is 0 Å². The number of benzene rings is 2. The van der Waals surface area contributed by atoms with Gasteiger partial charge in [-0.25, -0.2) is 4.79 Å². The summed E-state index contributed by atoms with van der Waals surface area (Å²) in [5.41, 5.74) is 0.775. The number of rotatable bonds is 9. The third-order valence-corrected chi connectivity index (χ3v) is 12.3. The number of para-hydroxylation sites is 1. The van der Waals surface area contributed by atoms with Gasteiger partial charge in [-0.05, 0) is 38.2 Å². The smallest absolute Gasteiger partial charge is 0.413 e. The molecule has 162 valence electrons. The highest BCUT2D eigenvalue weighted by molar-refractivity contribution is 8.71. The Labute approximate surface area is 192 Å². The molecule has 0 saturated heterocycles. The van der Waals surface area contributed by atoms with Crippen molar-refractivity contribution in [3.63, 3.8) is 0 Å². The van der Waals surface area contributed by atoms with E-state index in [1.165, 1.54) is 16.8 Å². The van der Waals surface area contributed by atoms with Crippen molar-refractivity contribution in [1.82, 2.24) is 10.0 Å². The average Bonchev–Trinajstić information content (AvgIpc) is 3.03. The zero-order valence-corrected chi connectivity index (χ0v) is 20.7. The van der Waals surface area contributed by atoms with Crippen molar-refractivity contribution in [2.75, 3.05) is 18.3 Å². The summed E-state index contributed by atoms with van der Waals surface area (Å²) in [4.78, 5) is 13.4. The zero-order valence-electron chi connectivity index (χ0n) is 17.3. The molecular formula is C21H27N2O3PS3. The summed E-state index contributed by atoms with van der Waals surface area (Å²) >= 11 is 9.13. The first-order chi connectivity index (χ1) is 14.3. The van der Waals surface area contributed by atoms with Gasteiger partial charge in [-0.1, -0.05) is 72.4 Å². The van der Waals surface area contributed by atoms with Crippen molar-refractivity contribution >= 4 is 46.5 Å². The second kappa shape index (κ2) is 10.4. The first-order valence-electron chi connectivity index (χ1n) is 9.74. The van der Waals surface area contributed by atoms with Crippen molar-refractivity contribution in [1.29, 1.82) is 0 Å². The monoisotopic (exact) mass is 482 g/mol. The van der Waals surface area contributed by atoms with Crippen LogP contribution in [0.1, 0.15) is 26.3 Å². The number of carbonyl (C=O) groups is 1. The lowest BCUT2D eigenvalue weighted by Gasteiger charge is -2.20. The Morgan fingerprint density at radius 3 is 2.73 bits per heavy atom. The Morgan fingerprint density at radius 1 is 1.23 bits per heavy atom. The van der Waals surface area contributed by atoms with E-state index in [0.717, 1.165) is 24.4 Å². The Balaban J connectivity index is 1.41. The molecule has 2 aromatic rings. The molecule has 3 rings (SSSR count). The van der Waals surface area contributed by atoms with Crippen LogP contribution in [0, 0.1) is 0 Å². The second-order valence-corrected chi connectivity index (χ2v) is 17.0. The summed E-state index contributed by atoms with van der Waals surface area (Å²) in [7, 11) is 0. The minimum atomic E-state index is -1.60. The highest BCUT2D eigenvalue weighted by atomic mass is 32.9. The summed E-state index contributed by atoms with van der Waals surface area (Å²) in [5, 5.41) is 1.15. The number of fused-ring (bicyclic) bond motifs is 1. The first kappa shape index (κ1) is 23.5. The summed E-state index contributed by atoms with van der Waals surface area (Å²) < 4.78 is 14.7. The van der Waals surface area contributed by atoms with Crippen LogP contribution in [-0.4, -0.2) is 30.0 Å². The number of amides is 1. The Kier molecular flexibility index (Phi) is 8.16. The number of hydrogen-bond acceptors (Lipinski definition) is 7. The van der Waals surface area contributed by atoms with E-state index in [2.05, 4.69) is 29.1 Å². The van der Waals surface area contributed by atoms with Crippen molar-refractivity contribution in [3.8, 4) is 11.5 Å². The molecule has 1 atom stereocenters. The molecule has 0 radical (unpaired) electrons. The van der Waals surface area contributed by atoms with Gasteiger partial charge in [0.15, 0.2) is 11.5 Å². The molecule has 5 nitrogen and oxygen atoms in total. The van der Waals surface area contributed by atoms with Crippen LogP contribution >= 0.6 is 28.6 Å². The van der Waals surface area contributed by atoms with Gasteiger partial charge in [-0.15, -0.1) is 0 Å². The van der Waals surface area contributed by atoms with Crippen LogP contribution in [0.5, 0.6) is 11.5 Å². The third-order valence-electron chi connectivity index (χ3n) is 4.45. The number of nitrogens with one attached hydrogen (secondary N) is 2. The maximum absolute atomic E-state index is 12.2. The lowest BCUT2D eigenvalue weighted by atomic mass is 10.0. The molecule has 1 aliphatic rings. The topological polar surface area (TPSA) is 59.6 Å². The molecule has 30 heavy (non-hydrogen) atoms. The van der Waals surface area contributed by atoms with E-state index in [-0.39, 0.29) is 5.60 Å². The fourth-order valence-electron chi connectivity index (χ4n) is 2.98. The van der Waals surface area contributed by atoms with E-state index in [1.54, 1.807) is 17.4 Å². The van der Waals surface area contributed by atoms with E-state index in [0.29, 0.717) is 17.4 Å². The summed E-state index contributed by atoms with van der Waals surface area (Å²) in [6.07, 6.45) is 2.00. The molecule has 0 bridgehead atoms. The van der Waals surface area contributed by atoms with Gasteiger partial charge >= 0.3 is 6.09 Å². The van der Waals surface area contributed by atoms with E-state index in [1.807, 2.05) is 44.2 Å². The highest BCUT2D eigenvalue weighted by Gasteiger charge is 2.32. The fourth-order valence-corrected chi connectivity index (χ4v) is 9.32. The predicted octanol–water partition coefficient (Wildman–Crippen LogP) is 5.85. The van der Waals surface area contributed by atoms with E-state index in [4.69, 9.17) is 21.3 Å². The molecule has 0 aromatic heterocycles. The van der Waals surface area contributed by atoms with Gasteiger partial charge in [0.2, 0.25) is 0 Å². The molecule has 1 unspecified atom stereocenters. The fraction of sp³-hybridized carbons (Fsp3) is 0.381. The molecule has 0 saturated carbocycles. The molecule has 1 aliphatic heterocycles. The second-order valence-electron chi connectivity index (χ2n) is 7.48. The van der Waals surface area contributed by atoms with E-state index in [9.17, 15) is 4.79 Å². The van der Waals surface area contributed by atoms with E-state index >= 15 is 0 Å². The molecule has 1 amide bonds. The Bertz CT molecular complexity index is 925. The third kappa shape index (κ3) is 6.66. The highest BCUT2D eigenvalue weighted by Crippen LogP contribution is 2.61. The summed E-state index contributed by atoms with van der Waals surface area (Å²) in [6, 6.07) is 15.9. The van der Waals surface area contributed by atoms with Crippen LogP contribution < -0.4 is 19.5 Å². The van der Waals surface area contributed by atoms with Crippen molar-refractivity contribution in [2.45, 2.75) is 37.7 Å². The van der Waals surface area contributed by atoms with Crippen molar-refractivity contribution < 1.29 is 14.3 Å². The average molecular weight is 483 g/mol. The molecule has 1 heterocycles. The number of ether oxygens (including phenoxy) is 2. The van der Waals surface area contributed by atoms with Crippen molar-refractivity contribution in [2.24, 2.45) is 0 Å². The van der Waals surface area contributed by atoms with Crippen molar-refractivity contribution in [3.05, 3.63) is 54.1 Å². The SMILES string of the molecule is CCP(=S)(CNSCNC(=O)Oc1cccc2c1OC(C)(C)C2)Sc1ccccc1. The van der Waals surface area contributed by atoms with Gasteiger partial charge in [0.25, 0.3) is 0 Å². The van der Waals surface area contributed by atoms with E-state index < -0.39 is 11.3 Å². The van der Waals surface area contributed by atoms with Crippen LogP contribution in [0.15, 0.2) is 53.4 Å². The van der Waals surface area contributed by atoms with Gasteiger partial charge in [-0.2, -0.15) is 0 Å². The Hall–Kier alpha value is -1.18. The minimum Gasteiger partial charge on any atom is -0.483 e. The standard InChI is InChI=1S/C21H27N2O3PS3/c1-4-27(28,30-17-10-6-5-7-11-17)14-23-29-15-22-20(24)25-18-12-8-9-16-13-21(2,3)26-19(16)18/h5-12,23H,4,13-15H2,1-3H3,(H,22,24). The summed E-state index contributed by atoms with van der Waals surface area (Å²) in [5.74, 6) is 1.49. The predicted molar refractivity (Wildman–Crippen MR) is 132 cm³/mol. The van der Waals surface area contributed by atoms with Gasteiger partial charge in [-0.3, -0.25) is 4.72 Å². The van der Waals surface area contributed by atoms with Crippen LogP contribution in [-0.2, 0) is 18.2 Å². The van der Waals surface area contributed by atoms with Crippen LogP contribution in [0.3, 0.4) is 0 Å². The summed E-state index contributed by atoms with van der Waals surface area (Å²) in [6.45, 7) is 6.18. The molecule has 0 aliphatic carbocycles. The molecule has 2 N–H and O–H groups in total. The van der Waals surface area contributed by atoms with Gasteiger partial charge < -0.3 is 14.8 Å². The molecule has 2 aromatic carbocycles.